The molecule has 4 nitrogen and oxygen atoms in total. The van der Waals surface area contributed by atoms with Crippen LogP contribution in [-0.4, -0.2) is 20.0 Å². The van der Waals surface area contributed by atoms with Crippen LogP contribution in [0, 0.1) is 11.2 Å². The van der Waals surface area contributed by atoms with Gasteiger partial charge in [0.15, 0.2) is 0 Å². The lowest BCUT2D eigenvalue weighted by Crippen LogP contribution is -2.18. The highest BCUT2D eigenvalue weighted by atomic mass is 19.1. The Morgan fingerprint density at radius 3 is 2.48 bits per heavy atom. The number of halogens is 1. The maximum absolute atomic E-state index is 12.9. The summed E-state index contributed by atoms with van der Waals surface area (Å²) in [5.41, 5.74) is 8.04. The number of nitrogens with two attached hydrogens (primary N) is 1. The van der Waals surface area contributed by atoms with Crippen LogP contribution in [0.25, 0.3) is 0 Å². The molecule has 0 bridgehead atoms. The Kier molecular flexibility index (Phi) is 4.42. The molecule has 3 N–H and O–H groups in total. The number of nitrogens with one attached hydrogen (secondary N) is 1. The first-order chi connectivity index (χ1) is 10.0. The van der Waals surface area contributed by atoms with E-state index in [1.54, 1.807) is 25.3 Å². The second-order valence-electron chi connectivity index (χ2n) is 4.78. The minimum absolute atomic E-state index is 0.0295. The van der Waals surface area contributed by atoms with Gasteiger partial charge in [0.25, 0.3) is 0 Å². The zero-order valence-corrected chi connectivity index (χ0v) is 12.1. The van der Waals surface area contributed by atoms with E-state index in [-0.39, 0.29) is 11.7 Å². The van der Waals surface area contributed by atoms with E-state index in [2.05, 4.69) is 0 Å². The molecule has 110 valence electrons. The van der Waals surface area contributed by atoms with Gasteiger partial charge in [0.1, 0.15) is 17.4 Å². The fourth-order valence-electron chi connectivity index (χ4n) is 2.12. The van der Waals surface area contributed by atoms with E-state index in [0.717, 1.165) is 11.3 Å². The number of benzene rings is 2. The largest absolute Gasteiger partial charge is 0.496 e. The summed E-state index contributed by atoms with van der Waals surface area (Å²) in [6, 6.07) is 11.9. The van der Waals surface area contributed by atoms with E-state index in [4.69, 9.17) is 15.9 Å². The van der Waals surface area contributed by atoms with Crippen molar-refractivity contribution in [3.8, 4) is 5.75 Å². The number of anilines is 1. The van der Waals surface area contributed by atoms with Crippen LogP contribution in [0.2, 0.25) is 0 Å². The molecule has 0 aliphatic heterocycles. The zero-order chi connectivity index (χ0) is 15.4. The maximum atomic E-state index is 12.9. The van der Waals surface area contributed by atoms with Crippen LogP contribution in [0.5, 0.6) is 5.75 Å². The van der Waals surface area contributed by atoms with E-state index in [1.165, 1.54) is 12.1 Å². The van der Waals surface area contributed by atoms with Crippen LogP contribution in [0.15, 0.2) is 42.5 Å². The van der Waals surface area contributed by atoms with Crippen molar-refractivity contribution in [1.29, 1.82) is 5.41 Å². The van der Waals surface area contributed by atoms with Gasteiger partial charge in [-0.25, -0.2) is 4.39 Å². The Balaban J connectivity index is 2.21. The molecule has 0 heterocycles. The molecular formula is C16H18FN3O. The second kappa shape index (κ2) is 6.26. The molecule has 0 aliphatic rings. The van der Waals surface area contributed by atoms with Crippen LogP contribution >= 0.6 is 0 Å². The number of hydrogen-bond donors (Lipinski definition) is 2. The maximum Gasteiger partial charge on any atom is 0.129 e. The summed E-state index contributed by atoms with van der Waals surface area (Å²) in [6.45, 7) is 0.621. The minimum atomic E-state index is -0.254. The molecule has 0 unspecified atom stereocenters. The molecule has 0 aliphatic carbocycles. The molecule has 5 heteroatoms. The highest BCUT2D eigenvalue weighted by molar-refractivity contribution is 5.97. The van der Waals surface area contributed by atoms with Crippen LogP contribution < -0.4 is 15.4 Å². The molecular weight excluding hydrogens is 269 g/mol. The first kappa shape index (κ1) is 14.8. The first-order valence-corrected chi connectivity index (χ1v) is 6.49. The van der Waals surface area contributed by atoms with Gasteiger partial charge in [-0.3, -0.25) is 5.41 Å². The van der Waals surface area contributed by atoms with Crippen molar-refractivity contribution in [2.45, 2.75) is 6.54 Å². The number of rotatable bonds is 5. The Bertz CT molecular complexity index is 640. The third-order valence-corrected chi connectivity index (χ3v) is 3.24. The fraction of sp³-hybridized carbons (Fsp3) is 0.188. The summed E-state index contributed by atoms with van der Waals surface area (Å²) in [5, 5.41) is 7.59. The summed E-state index contributed by atoms with van der Waals surface area (Å²) >= 11 is 0. The van der Waals surface area contributed by atoms with Gasteiger partial charge in [0.2, 0.25) is 0 Å². The van der Waals surface area contributed by atoms with Crippen molar-refractivity contribution in [3.63, 3.8) is 0 Å². The molecule has 2 aromatic carbocycles. The SMILES string of the molecule is COc1ccc(CN(C)c2ccc(F)cc2)cc1C(=N)N. The number of nitrogens with zero attached hydrogens (tertiary/aromatic N) is 1. The Morgan fingerprint density at radius 2 is 1.90 bits per heavy atom. The summed E-state index contributed by atoms with van der Waals surface area (Å²) in [5.74, 6) is 0.296. The molecule has 0 fully saturated rings. The number of hydrogen-bond acceptors (Lipinski definition) is 3. The van der Waals surface area contributed by atoms with Crippen molar-refractivity contribution in [2.24, 2.45) is 5.73 Å². The molecule has 0 amide bonds. The van der Waals surface area contributed by atoms with Gasteiger partial charge in [0.05, 0.1) is 12.7 Å². The fourth-order valence-corrected chi connectivity index (χ4v) is 2.12. The highest BCUT2D eigenvalue weighted by Crippen LogP contribution is 2.22. The normalized spacial score (nSPS) is 10.2. The van der Waals surface area contributed by atoms with Gasteiger partial charge in [-0.15, -0.1) is 0 Å². The van der Waals surface area contributed by atoms with Crippen LogP contribution in [0.1, 0.15) is 11.1 Å². The predicted molar refractivity (Wildman–Crippen MR) is 82.5 cm³/mol. The summed E-state index contributed by atoms with van der Waals surface area (Å²) in [6.07, 6.45) is 0. The van der Waals surface area contributed by atoms with Crippen LogP contribution in [0.3, 0.4) is 0 Å². The van der Waals surface area contributed by atoms with Gasteiger partial charge in [-0.2, -0.15) is 0 Å². The number of methoxy groups -OCH3 is 1. The van der Waals surface area contributed by atoms with Crippen molar-refractivity contribution in [3.05, 3.63) is 59.4 Å². The molecule has 2 aromatic rings. The topological polar surface area (TPSA) is 62.3 Å². The zero-order valence-electron chi connectivity index (χ0n) is 12.1. The Labute approximate surface area is 123 Å². The molecule has 0 aromatic heterocycles. The van der Waals surface area contributed by atoms with Crippen LogP contribution in [-0.2, 0) is 6.54 Å². The van der Waals surface area contributed by atoms with E-state index in [0.29, 0.717) is 17.9 Å². The molecule has 0 radical (unpaired) electrons. The third kappa shape index (κ3) is 3.51. The minimum Gasteiger partial charge on any atom is -0.496 e. The second-order valence-corrected chi connectivity index (χ2v) is 4.78. The summed E-state index contributed by atoms with van der Waals surface area (Å²) in [7, 11) is 3.47. The van der Waals surface area contributed by atoms with Gasteiger partial charge in [0, 0.05) is 19.3 Å². The van der Waals surface area contributed by atoms with Gasteiger partial charge >= 0.3 is 0 Å². The van der Waals surface area contributed by atoms with E-state index < -0.39 is 0 Å². The van der Waals surface area contributed by atoms with E-state index in [9.17, 15) is 4.39 Å². The lowest BCUT2D eigenvalue weighted by atomic mass is 10.1. The summed E-state index contributed by atoms with van der Waals surface area (Å²) < 4.78 is 18.1. The van der Waals surface area contributed by atoms with Crippen molar-refractivity contribution in [1.82, 2.24) is 0 Å². The smallest absolute Gasteiger partial charge is 0.129 e. The highest BCUT2D eigenvalue weighted by Gasteiger charge is 2.09. The summed E-state index contributed by atoms with van der Waals surface area (Å²) in [4.78, 5) is 1.99. The van der Waals surface area contributed by atoms with E-state index >= 15 is 0 Å². The monoisotopic (exact) mass is 287 g/mol. The molecule has 0 spiro atoms. The quantitative estimate of drug-likeness (QED) is 0.656. The first-order valence-electron chi connectivity index (χ1n) is 6.49. The van der Waals surface area contributed by atoms with Gasteiger partial charge < -0.3 is 15.4 Å². The van der Waals surface area contributed by atoms with Crippen LogP contribution in [0.4, 0.5) is 10.1 Å². The standard InChI is InChI=1S/C16H18FN3O/c1-20(13-6-4-12(17)5-7-13)10-11-3-8-15(21-2)14(9-11)16(18)19/h3-9H,10H2,1-2H3,(H3,18,19). The average Bonchev–Trinajstić information content (AvgIpc) is 2.47. The number of nitrogen functional groups attached to an aromatic ring is 1. The lowest BCUT2D eigenvalue weighted by Gasteiger charge is -2.20. The van der Waals surface area contributed by atoms with Crippen molar-refractivity contribution < 1.29 is 9.13 Å². The Morgan fingerprint density at radius 1 is 1.24 bits per heavy atom. The molecule has 0 saturated heterocycles. The van der Waals surface area contributed by atoms with E-state index in [1.807, 2.05) is 24.1 Å². The Hall–Kier alpha value is -2.56. The average molecular weight is 287 g/mol. The third-order valence-electron chi connectivity index (χ3n) is 3.24. The van der Waals surface area contributed by atoms with Gasteiger partial charge in [-0.1, -0.05) is 6.07 Å². The number of amidine groups is 1. The number of ether oxygens (including phenoxy) is 1. The predicted octanol–water partition coefficient (Wildman–Crippen LogP) is 2.75. The lowest BCUT2D eigenvalue weighted by molar-refractivity contribution is 0.413. The molecule has 0 saturated carbocycles. The van der Waals surface area contributed by atoms with Crippen molar-refractivity contribution >= 4 is 11.5 Å². The van der Waals surface area contributed by atoms with Crippen molar-refractivity contribution in [2.75, 3.05) is 19.1 Å². The van der Waals surface area contributed by atoms with Gasteiger partial charge in [-0.05, 0) is 42.0 Å². The molecule has 21 heavy (non-hydrogen) atoms. The molecule has 2 rings (SSSR count). The molecule has 0 atom stereocenters.